The predicted molar refractivity (Wildman–Crippen MR) is 132 cm³/mol. The molecule has 4 unspecified atom stereocenters. The lowest BCUT2D eigenvalue weighted by atomic mass is 10.2. The minimum Gasteiger partial charge on any atom is -0.468 e. The first-order chi connectivity index (χ1) is 17.0. The number of methoxy groups -OCH3 is 4. The molecular formula is C24H44N4O8. The Labute approximate surface area is 214 Å². The highest BCUT2D eigenvalue weighted by Gasteiger charge is 2.31. The van der Waals surface area contributed by atoms with Crippen molar-refractivity contribution in [3.63, 3.8) is 0 Å². The summed E-state index contributed by atoms with van der Waals surface area (Å²) >= 11 is 0. The van der Waals surface area contributed by atoms with E-state index in [0.29, 0.717) is 52.4 Å². The fraction of sp³-hybridized carbons (Fsp3) is 0.833. The zero-order valence-electron chi connectivity index (χ0n) is 23.0. The van der Waals surface area contributed by atoms with Gasteiger partial charge in [0.2, 0.25) is 0 Å². The molecule has 0 aliphatic carbocycles. The Kier molecular flexibility index (Phi) is 13.9. The summed E-state index contributed by atoms with van der Waals surface area (Å²) in [6.45, 7) is 10.9. The van der Waals surface area contributed by atoms with Crippen LogP contribution >= 0.6 is 0 Å². The Balaban J connectivity index is 3.31. The van der Waals surface area contributed by atoms with Gasteiger partial charge in [0.25, 0.3) is 0 Å². The molecule has 0 aromatic heterocycles. The van der Waals surface area contributed by atoms with Gasteiger partial charge in [-0.05, 0) is 27.7 Å². The smallest absolute Gasteiger partial charge is 0.322 e. The van der Waals surface area contributed by atoms with Gasteiger partial charge in [-0.15, -0.1) is 0 Å². The van der Waals surface area contributed by atoms with Crippen molar-refractivity contribution < 1.29 is 38.1 Å². The lowest BCUT2D eigenvalue weighted by Gasteiger charge is -2.38. The molecule has 1 saturated heterocycles. The van der Waals surface area contributed by atoms with E-state index in [0.717, 1.165) is 0 Å². The first-order valence-corrected chi connectivity index (χ1v) is 12.3. The zero-order chi connectivity index (χ0) is 27.4. The molecule has 0 spiro atoms. The minimum atomic E-state index is -0.514. The van der Waals surface area contributed by atoms with Crippen LogP contribution in [-0.4, -0.2) is 148 Å². The van der Waals surface area contributed by atoms with Crippen LogP contribution in [0.5, 0.6) is 0 Å². The Morgan fingerprint density at radius 2 is 0.556 bits per heavy atom. The van der Waals surface area contributed by atoms with Crippen LogP contribution in [-0.2, 0) is 38.1 Å². The molecule has 0 saturated carbocycles. The Morgan fingerprint density at radius 1 is 0.417 bits per heavy atom. The molecule has 0 aromatic rings. The molecule has 1 aliphatic heterocycles. The molecule has 0 aromatic carbocycles. The molecule has 12 heteroatoms. The molecule has 0 N–H and O–H groups in total. The van der Waals surface area contributed by atoms with Crippen LogP contribution in [0.3, 0.4) is 0 Å². The minimum absolute atomic E-state index is 0.361. The third-order valence-electron chi connectivity index (χ3n) is 7.06. The summed E-state index contributed by atoms with van der Waals surface area (Å²) in [5.74, 6) is -1.44. The van der Waals surface area contributed by atoms with E-state index >= 15 is 0 Å². The van der Waals surface area contributed by atoms with Gasteiger partial charge in [-0.2, -0.15) is 0 Å². The van der Waals surface area contributed by atoms with Gasteiger partial charge in [0.1, 0.15) is 24.2 Å². The SMILES string of the molecule is COC(=O)C(C)N1CCN(C(C)C(=O)OC)CCN(C(C)C(=O)OC)CCN(C(C)C(=O)OC)CC1. The second-order valence-corrected chi connectivity index (χ2v) is 8.94. The van der Waals surface area contributed by atoms with Crippen LogP contribution in [0.2, 0.25) is 0 Å². The van der Waals surface area contributed by atoms with Crippen LogP contribution in [0.1, 0.15) is 27.7 Å². The highest BCUT2D eigenvalue weighted by Crippen LogP contribution is 2.12. The number of ether oxygens (including phenoxy) is 4. The van der Waals surface area contributed by atoms with Gasteiger partial charge in [0, 0.05) is 52.4 Å². The summed E-state index contributed by atoms with van der Waals surface area (Å²) in [5.41, 5.74) is 0. The van der Waals surface area contributed by atoms with Crippen molar-refractivity contribution in [2.45, 2.75) is 51.9 Å². The third-order valence-corrected chi connectivity index (χ3v) is 7.06. The van der Waals surface area contributed by atoms with E-state index in [1.165, 1.54) is 28.4 Å². The standard InChI is InChI=1S/C24H44N4O8/c1-17(21(29)33-5)25-9-11-26(18(2)22(30)34-6)13-15-28(20(4)24(32)36-8)16-14-27(12-10-25)19(3)23(31)35-7/h17-20H,9-16H2,1-8H3. The summed E-state index contributed by atoms with van der Waals surface area (Å²) in [4.78, 5) is 57.3. The van der Waals surface area contributed by atoms with Crippen molar-refractivity contribution in [3.05, 3.63) is 0 Å². The molecule has 1 heterocycles. The van der Waals surface area contributed by atoms with Crippen molar-refractivity contribution in [1.29, 1.82) is 0 Å². The number of carbonyl (C=O) groups excluding carboxylic acids is 4. The summed E-state index contributed by atoms with van der Waals surface area (Å²) in [5, 5.41) is 0. The van der Waals surface area contributed by atoms with Crippen LogP contribution in [0.15, 0.2) is 0 Å². The van der Waals surface area contributed by atoms with Gasteiger partial charge in [-0.3, -0.25) is 38.8 Å². The molecule has 208 valence electrons. The maximum absolute atomic E-state index is 12.3. The number of rotatable bonds is 8. The lowest BCUT2D eigenvalue weighted by Crippen LogP contribution is -2.55. The van der Waals surface area contributed by atoms with Gasteiger partial charge in [-0.1, -0.05) is 0 Å². The number of esters is 4. The molecule has 1 fully saturated rings. The quantitative estimate of drug-likeness (QED) is 0.304. The fourth-order valence-corrected chi connectivity index (χ4v) is 4.30. The number of carbonyl (C=O) groups is 4. The third kappa shape index (κ3) is 8.99. The van der Waals surface area contributed by atoms with Crippen molar-refractivity contribution in [2.24, 2.45) is 0 Å². The largest absolute Gasteiger partial charge is 0.468 e. The lowest BCUT2D eigenvalue weighted by molar-refractivity contribution is -0.150. The summed E-state index contributed by atoms with van der Waals surface area (Å²) in [6, 6.07) is -2.06. The first kappa shape index (κ1) is 31.7. The number of hydrogen-bond donors (Lipinski definition) is 0. The second kappa shape index (κ2) is 15.7. The summed E-state index contributed by atoms with van der Waals surface area (Å²) in [6.07, 6.45) is 0. The van der Waals surface area contributed by atoms with Crippen molar-refractivity contribution in [3.8, 4) is 0 Å². The topological polar surface area (TPSA) is 118 Å². The van der Waals surface area contributed by atoms with E-state index in [4.69, 9.17) is 18.9 Å². The number of hydrogen-bond acceptors (Lipinski definition) is 12. The predicted octanol–water partition coefficient (Wildman–Crippen LogP) is -0.546. The molecule has 12 nitrogen and oxygen atoms in total. The van der Waals surface area contributed by atoms with Crippen molar-refractivity contribution >= 4 is 23.9 Å². The van der Waals surface area contributed by atoms with Crippen LogP contribution in [0.4, 0.5) is 0 Å². The molecular weight excluding hydrogens is 472 g/mol. The molecule has 1 aliphatic rings. The molecule has 1 rings (SSSR count). The van der Waals surface area contributed by atoms with E-state index in [1.54, 1.807) is 27.7 Å². The van der Waals surface area contributed by atoms with Crippen molar-refractivity contribution in [2.75, 3.05) is 80.8 Å². The molecule has 36 heavy (non-hydrogen) atoms. The maximum atomic E-state index is 12.3. The molecule has 0 bridgehead atoms. The number of nitrogens with zero attached hydrogens (tertiary/aromatic N) is 4. The van der Waals surface area contributed by atoms with Gasteiger partial charge < -0.3 is 18.9 Å². The Morgan fingerprint density at radius 3 is 0.667 bits per heavy atom. The normalized spacial score (nSPS) is 21.1. The maximum Gasteiger partial charge on any atom is 0.322 e. The van der Waals surface area contributed by atoms with E-state index in [-0.39, 0.29) is 23.9 Å². The van der Waals surface area contributed by atoms with Crippen LogP contribution in [0, 0.1) is 0 Å². The van der Waals surface area contributed by atoms with E-state index in [9.17, 15) is 19.2 Å². The zero-order valence-corrected chi connectivity index (χ0v) is 23.0. The van der Waals surface area contributed by atoms with Crippen molar-refractivity contribution in [1.82, 2.24) is 19.6 Å². The van der Waals surface area contributed by atoms with E-state index < -0.39 is 24.2 Å². The monoisotopic (exact) mass is 516 g/mol. The van der Waals surface area contributed by atoms with E-state index in [2.05, 4.69) is 0 Å². The van der Waals surface area contributed by atoms with Gasteiger partial charge in [0.05, 0.1) is 28.4 Å². The fourth-order valence-electron chi connectivity index (χ4n) is 4.30. The average Bonchev–Trinajstić information content (AvgIpc) is 2.89. The van der Waals surface area contributed by atoms with Crippen LogP contribution < -0.4 is 0 Å². The molecule has 0 radical (unpaired) electrons. The van der Waals surface area contributed by atoms with Crippen LogP contribution in [0.25, 0.3) is 0 Å². The first-order valence-electron chi connectivity index (χ1n) is 12.3. The molecule has 4 atom stereocenters. The van der Waals surface area contributed by atoms with E-state index in [1.807, 2.05) is 19.6 Å². The average molecular weight is 517 g/mol. The summed E-state index contributed by atoms with van der Waals surface area (Å²) < 4.78 is 19.9. The molecule has 0 amide bonds. The highest BCUT2D eigenvalue weighted by atomic mass is 16.5. The summed E-state index contributed by atoms with van der Waals surface area (Å²) in [7, 11) is 5.40. The Hall–Kier alpha value is -2.28. The van der Waals surface area contributed by atoms with Gasteiger partial charge in [-0.25, -0.2) is 0 Å². The van der Waals surface area contributed by atoms with Gasteiger partial charge in [0.15, 0.2) is 0 Å². The highest BCUT2D eigenvalue weighted by molar-refractivity contribution is 5.76. The second-order valence-electron chi connectivity index (χ2n) is 8.94. The Bertz CT molecular complexity index is 601. The van der Waals surface area contributed by atoms with Gasteiger partial charge >= 0.3 is 23.9 Å².